The first kappa shape index (κ1) is 20.8. The van der Waals surface area contributed by atoms with Crippen LogP contribution in [-0.2, 0) is 11.4 Å². The summed E-state index contributed by atoms with van der Waals surface area (Å²) in [6.45, 7) is 0.264. The van der Waals surface area contributed by atoms with Crippen LogP contribution in [0.2, 0.25) is 0 Å². The van der Waals surface area contributed by atoms with Gasteiger partial charge in [-0.1, -0.05) is 24.3 Å². The van der Waals surface area contributed by atoms with E-state index in [9.17, 15) is 9.18 Å². The van der Waals surface area contributed by atoms with Gasteiger partial charge in [-0.25, -0.2) is 4.39 Å². The maximum atomic E-state index is 13.4. The van der Waals surface area contributed by atoms with E-state index < -0.39 is 0 Å². The Balaban J connectivity index is 1.40. The van der Waals surface area contributed by atoms with Crippen molar-refractivity contribution in [2.45, 2.75) is 18.9 Å². The highest BCUT2D eigenvalue weighted by Gasteiger charge is 2.33. The number of esters is 1. The van der Waals surface area contributed by atoms with Crippen LogP contribution in [0.4, 0.5) is 4.39 Å². The van der Waals surface area contributed by atoms with Crippen LogP contribution in [0, 0.1) is 5.82 Å². The van der Waals surface area contributed by atoms with Crippen LogP contribution < -0.4 is 14.2 Å². The van der Waals surface area contributed by atoms with E-state index in [-0.39, 0.29) is 30.7 Å². The minimum absolute atomic E-state index is 0.208. The van der Waals surface area contributed by atoms with Gasteiger partial charge in [-0.15, -0.1) is 5.10 Å². The van der Waals surface area contributed by atoms with Gasteiger partial charge in [0.05, 0.1) is 24.8 Å². The molecule has 0 amide bonds. The van der Waals surface area contributed by atoms with Crippen molar-refractivity contribution in [2.24, 2.45) is 0 Å². The molecule has 2 heterocycles. The molecule has 0 fully saturated rings. The zero-order chi connectivity index (χ0) is 22.8. The van der Waals surface area contributed by atoms with E-state index in [0.29, 0.717) is 11.6 Å². The number of carbonyl (C=O) groups is 1. The monoisotopic (exact) mass is 444 g/mol. The van der Waals surface area contributed by atoms with Crippen LogP contribution >= 0.6 is 0 Å². The van der Waals surface area contributed by atoms with Crippen molar-refractivity contribution in [2.75, 3.05) is 7.11 Å². The summed E-state index contributed by atoms with van der Waals surface area (Å²) in [4.78, 5) is 12.2. The van der Waals surface area contributed by atoms with E-state index in [1.54, 1.807) is 13.2 Å². The van der Waals surface area contributed by atoms with E-state index in [2.05, 4.69) is 10.2 Å². The third kappa shape index (κ3) is 4.30. The van der Waals surface area contributed by atoms with Gasteiger partial charge in [-0.3, -0.25) is 9.89 Å². The Morgan fingerprint density at radius 2 is 1.82 bits per heavy atom. The molecule has 7 heteroatoms. The van der Waals surface area contributed by atoms with E-state index in [1.807, 2.05) is 54.6 Å². The van der Waals surface area contributed by atoms with Crippen LogP contribution in [0.1, 0.15) is 29.0 Å². The first-order chi connectivity index (χ1) is 16.1. The number of nitrogens with zero attached hydrogens (tertiary/aromatic N) is 1. The zero-order valence-corrected chi connectivity index (χ0v) is 17.9. The number of rotatable bonds is 6. The van der Waals surface area contributed by atoms with Crippen molar-refractivity contribution < 1.29 is 23.4 Å². The maximum absolute atomic E-state index is 13.4. The van der Waals surface area contributed by atoms with Gasteiger partial charge in [-0.05, 0) is 59.7 Å². The van der Waals surface area contributed by atoms with Gasteiger partial charge in [0.15, 0.2) is 0 Å². The molecule has 1 aliphatic heterocycles. The standard InChI is InChI=1S/C26H21FN2O4/c1-31-20-9-7-18(8-10-20)25-24-22(14-23(30)33-26(24)29-28-25)17-5-11-21(12-6-17)32-15-16-3-2-4-19(27)13-16/h2-13,22H,14-15H2,1H3,(H,28,29)/t22-/m0/s1. The molecule has 1 N–H and O–H groups in total. The van der Waals surface area contributed by atoms with Gasteiger partial charge in [0.2, 0.25) is 5.88 Å². The Hall–Kier alpha value is -4.13. The number of H-pyrrole nitrogens is 1. The van der Waals surface area contributed by atoms with Gasteiger partial charge in [-0.2, -0.15) is 0 Å². The Kier molecular flexibility index (Phi) is 5.52. The lowest BCUT2D eigenvalue weighted by Gasteiger charge is -2.22. The number of aromatic nitrogens is 2. The summed E-state index contributed by atoms with van der Waals surface area (Å²) in [5.41, 5.74) is 4.26. The highest BCUT2D eigenvalue weighted by molar-refractivity contribution is 5.80. The number of nitrogens with one attached hydrogen (secondary N) is 1. The Morgan fingerprint density at radius 3 is 2.55 bits per heavy atom. The molecule has 0 saturated heterocycles. The molecule has 3 aromatic carbocycles. The van der Waals surface area contributed by atoms with Gasteiger partial charge in [0.25, 0.3) is 0 Å². The van der Waals surface area contributed by atoms with Crippen molar-refractivity contribution >= 4 is 5.97 Å². The number of carbonyl (C=O) groups excluding carboxylic acids is 1. The average Bonchev–Trinajstić information content (AvgIpc) is 3.26. The third-order valence-corrected chi connectivity index (χ3v) is 5.65. The molecule has 33 heavy (non-hydrogen) atoms. The lowest BCUT2D eigenvalue weighted by atomic mass is 9.86. The van der Waals surface area contributed by atoms with Crippen molar-refractivity contribution in [3.05, 3.63) is 95.3 Å². The average molecular weight is 444 g/mol. The number of methoxy groups -OCH3 is 1. The molecule has 1 aromatic heterocycles. The fraction of sp³-hybridized carbons (Fsp3) is 0.154. The summed E-state index contributed by atoms with van der Waals surface area (Å²) in [6, 6.07) is 21.5. The summed E-state index contributed by atoms with van der Waals surface area (Å²) in [7, 11) is 1.62. The van der Waals surface area contributed by atoms with Gasteiger partial charge >= 0.3 is 5.97 Å². The van der Waals surface area contributed by atoms with Crippen molar-refractivity contribution in [1.29, 1.82) is 0 Å². The van der Waals surface area contributed by atoms with Crippen molar-refractivity contribution in [3.63, 3.8) is 0 Å². The maximum Gasteiger partial charge on any atom is 0.313 e. The molecule has 5 rings (SSSR count). The number of hydrogen-bond donors (Lipinski definition) is 1. The minimum atomic E-state index is -0.327. The fourth-order valence-electron chi connectivity index (χ4n) is 4.01. The van der Waals surface area contributed by atoms with Crippen molar-refractivity contribution in [3.8, 4) is 28.6 Å². The first-order valence-corrected chi connectivity index (χ1v) is 10.5. The summed E-state index contributed by atoms with van der Waals surface area (Å²) in [6.07, 6.45) is 0.208. The SMILES string of the molecule is COc1ccc(-c2[nH]nc3c2[C@H](c2ccc(OCc4cccc(F)c4)cc2)CC(=O)O3)cc1. The minimum Gasteiger partial charge on any atom is -0.497 e. The fourth-order valence-corrected chi connectivity index (χ4v) is 4.01. The van der Waals surface area contributed by atoms with Gasteiger partial charge < -0.3 is 14.2 Å². The van der Waals surface area contributed by atoms with E-state index in [4.69, 9.17) is 14.2 Å². The lowest BCUT2D eigenvalue weighted by Crippen LogP contribution is -2.20. The molecule has 0 aliphatic carbocycles. The molecule has 6 nitrogen and oxygen atoms in total. The summed E-state index contributed by atoms with van der Waals surface area (Å²) >= 11 is 0. The number of fused-ring (bicyclic) bond motifs is 1. The first-order valence-electron chi connectivity index (χ1n) is 10.5. The highest BCUT2D eigenvalue weighted by Crippen LogP contribution is 2.43. The summed E-state index contributed by atoms with van der Waals surface area (Å²) < 4.78 is 29.8. The number of benzene rings is 3. The molecule has 0 bridgehead atoms. The number of aromatic amines is 1. The largest absolute Gasteiger partial charge is 0.497 e. The van der Waals surface area contributed by atoms with E-state index in [1.165, 1.54) is 12.1 Å². The molecular formula is C26H21FN2O4. The molecule has 4 aromatic rings. The summed E-state index contributed by atoms with van der Waals surface area (Å²) in [5, 5.41) is 7.26. The summed E-state index contributed by atoms with van der Waals surface area (Å²) in [5.74, 6) is 0.877. The zero-order valence-electron chi connectivity index (χ0n) is 17.9. The highest BCUT2D eigenvalue weighted by atomic mass is 19.1. The van der Waals surface area contributed by atoms with Crippen LogP contribution in [0.5, 0.6) is 17.4 Å². The van der Waals surface area contributed by atoms with Crippen LogP contribution in [0.3, 0.4) is 0 Å². The molecule has 0 saturated carbocycles. The predicted molar refractivity (Wildman–Crippen MR) is 120 cm³/mol. The molecule has 166 valence electrons. The van der Waals surface area contributed by atoms with Crippen molar-refractivity contribution in [1.82, 2.24) is 10.2 Å². The second-order valence-electron chi connectivity index (χ2n) is 7.76. The molecule has 1 aliphatic rings. The lowest BCUT2D eigenvalue weighted by molar-refractivity contribution is -0.135. The van der Waals surface area contributed by atoms with E-state index >= 15 is 0 Å². The topological polar surface area (TPSA) is 73.4 Å². The smallest absolute Gasteiger partial charge is 0.313 e. The van der Waals surface area contributed by atoms with Gasteiger partial charge in [0, 0.05) is 11.5 Å². The number of hydrogen-bond acceptors (Lipinski definition) is 5. The van der Waals surface area contributed by atoms with Crippen LogP contribution in [0.15, 0.2) is 72.8 Å². The molecular weight excluding hydrogens is 423 g/mol. The van der Waals surface area contributed by atoms with E-state index in [0.717, 1.165) is 33.7 Å². The molecule has 0 radical (unpaired) electrons. The second kappa shape index (κ2) is 8.78. The normalized spacial score (nSPS) is 15.0. The molecule has 1 atom stereocenters. The second-order valence-corrected chi connectivity index (χ2v) is 7.76. The molecule has 0 unspecified atom stereocenters. The predicted octanol–water partition coefficient (Wildman–Crippen LogP) is 5.24. The van der Waals surface area contributed by atoms with Gasteiger partial charge in [0.1, 0.15) is 23.9 Å². The van der Waals surface area contributed by atoms with Crippen LogP contribution in [0.25, 0.3) is 11.3 Å². The Bertz CT molecular complexity index is 1280. The third-order valence-electron chi connectivity index (χ3n) is 5.65. The Labute approximate surface area is 189 Å². The quantitative estimate of drug-likeness (QED) is 0.412. The number of ether oxygens (including phenoxy) is 3. The Morgan fingerprint density at radius 1 is 1.06 bits per heavy atom. The number of halogens is 1. The van der Waals surface area contributed by atoms with Crippen LogP contribution in [-0.4, -0.2) is 23.3 Å². The molecule has 0 spiro atoms.